The van der Waals surface area contributed by atoms with E-state index in [0.29, 0.717) is 23.0 Å². The van der Waals surface area contributed by atoms with Crippen LogP contribution in [0.3, 0.4) is 0 Å². The van der Waals surface area contributed by atoms with Gasteiger partial charge >= 0.3 is 11.8 Å². The first kappa shape index (κ1) is 21.1. The number of anilines is 1. The number of pyridine rings is 1. The van der Waals surface area contributed by atoms with Crippen molar-refractivity contribution in [3.05, 3.63) is 57.8 Å². The summed E-state index contributed by atoms with van der Waals surface area (Å²) >= 11 is 12.2. The number of rotatable bonds is 3. The van der Waals surface area contributed by atoms with Gasteiger partial charge < -0.3 is 16.0 Å². The maximum atomic E-state index is 13.0. The third-order valence-corrected chi connectivity index (χ3v) is 5.26. The number of carbonyl (C=O) groups excluding carboxylic acids is 3. The number of nitrogens with one attached hydrogen (secondary N) is 1. The molecule has 0 radical (unpaired) electrons. The lowest BCUT2D eigenvalue weighted by atomic mass is 9.90. The molecule has 1 aliphatic rings. The summed E-state index contributed by atoms with van der Waals surface area (Å²) in [5.74, 6) is -1.93. The van der Waals surface area contributed by atoms with E-state index in [0.717, 1.165) is 12.0 Å². The van der Waals surface area contributed by atoms with Gasteiger partial charge in [-0.15, -0.1) is 0 Å². The minimum Gasteiger partial charge on any atom is -0.366 e. The van der Waals surface area contributed by atoms with Crippen LogP contribution in [0.15, 0.2) is 36.7 Å². The van der Waals surface area contributed by atoms with Crippen LogP contribution >= 0.6 is 23.2 Å². The third-order valence-electron chi connectivity index (χ3n) is 4.82. The average molecular weight is 435 g/mol. The molecule has 2 atom stereocenters. The lowest BCUT2D eigenvalue weighted by Gasteiger charge is -2.38. The van der Waals surface area contributed by atoms with Crippen molar-refractivity contribution in [1.29, 1.82) is 0 Å². The van der Waals surface area contributed by atoms with Gasteiger partial charge in [-0.1, -0.05) is 30.1 Å². The predicted molar refractivity (Wildman–Crippen MR) is 111 cm³/mol. The van der Waals surface area contributed by atoms with Gasteiger partial charge in [-0.2, -0.15) is 0 Å². The lowest BCUT2D eigenvalue weighted by molar-refractivity contribution is -0.146. The minimum atomic E-state index is -0.819. The molecule has 3 rings (SSSR count). The third kappa shape index (κ3) is 5.05. The van der Waals surface area contributed by atoms with Gasteiger partial charge in [-0.3, -0.25) is 19.4 Å². The van der Waals surface area contributed by atoms with Crippen molar-refractivity contribution in [2.24, 2.45) is 11.7 Å². The monoisotopic (exact) mass is 434 g/mol. The summed E-state index contributed by atoms with van der Waals surface area (Å²) in [6.07, 6.45) is 4.22. The Morgan fingerprint density at radius 3 is 2.45 bits per heavy atom. The molecule has 1 aromatic heterocycles. The number of hydrogen-bond acceptors (Lipinski definition) is 4. The number of piperidine rings is 1. The Balaban J connectivity index is 1.83. The summed E-state index contributed by atoms with van der Waals surface area (Å²) in [5, 5.41) is 3.43. The molecule has 9 heteroatoms. The zero-order valence-electron chi connectivity index (χ0n) is 15.7. The number of benzene rings is 1. The second-order valence-corrected chi connectivity index (χ2v) is 8.01. The number of hydrogen-bond donors (Lipinski definition) is 2. The molecule has 1 aliphatic heterocycles. The number of likely N-dealkylation sites (tertiary alicyclic amines) is 1. The molecule has 2 heterocycles. The van der Waals surface area contributed by atoms with Crippen molar-refractivity contribution in [3.8, 4) is 0 Å². The molecular formula is C20H20Cl2N4O3. The molecular weight excluding hydrogens is 415 g/mol. The first-order valence-corrected chi connectivity index (χ1v) is 9.83. The van der Waals surface area contributed by atoms with Crippen LogP contribution in [0.5, 0.6) is 0 Å². The Hall–Kier alpha value is -2.64. The van der Waals surface area contributed by atoms with E-state index >= 15 is 0 Å². The van der Waals surface area contributed by atoms with E-state index in [1.807, 2.05) is 6.92 Å². The highest BCUT2D eigenvalue weighted by atomic mass is 35.5. The van der Waals surface area contributed by atoms with Crippen LogP contribution in [0, 0.1) is 5.92 Å². The van der Waals surface area contributed by atoms with E-state index in [-0.39, 0.29) is 23.2 Å². The van der Waals surface area contributed by atoms with Crippen molar-refractivity contribution >= 4 is 46.6 Å². The zero-order chi connectivity index (χ0) is 21.1. The second-order valence-electron chi connectivity index (χ2n) is 7.14. The van der Waals surface area contributed by atoms with Crippen LogP contribution in [0.1, 0.15) is 41.7 Å². The minimum absolute atomic E-state index is 0.133. The molecule has 1 aromatic carbocycles. The number of nitrogens with zero attached hydrogens (tertiary/aromatic N) is 2. The fourth-order valence-corrected chi connectivity index (χ4v) is 3.99. The van der Waals surface area contributed by atoms with Crippen molar-refractivity contribution in [1.82, 2.24) is 9.88 Å². The fraction of sp³-hybridized carbons (Fsp3) is 0.300. The first-order chi connectivity index (χ1) is 13.7. The van der Waals surface area contributed by atoms with Crippen LogP contribution in [0.4, 0.5) is 5.69 Å². The van der Waals surface area contributed by atoms with Crippen molar-refractivity contribution in [3.63, 3.8) is 0 Å². The van der Waals surface area contributed by atoms with Crippen molar-refractivity contribution in [2.45, 2.75) is 25.8 Å². The SMILES string of the molecule is C[C@@H]1CC[C@@H](c2cc(Cl)cc(Cl)c2)N(C(=O)C(=O)Nc2cncc(C(N)=O)c2)C1. The molecule has 0 aliphatic carbocycles. The number of halogens is 2. The van der Waals surface area contributed by atoms with E-state index in [1.54, 1.807) is 18.2 Å². The fourth-order valence-electron chi connectivity index (χ4n) is 3.45. The van der Waals surface area contributed by atoms with Crippen LogP contribution in [-0.2, 0) is 9.59 Å². The van der Waals surface area contributed by atoms with Gasteiger partial charge in [-0.25, -0.2) is 0 Å². The summed E-state index contributed by atoms with van der Waals surface area (Å²) in [4.78, 5) is 42.2. The molecule has 3 amide bonds. The standard InChI is InChI=1S/C20H20Cl2N4O3/c1-11-2-3-17(12-4-14(21)7-15(22)5-12)26(10-11)20(29)19(28)25-16-6-13(18(23)27)8-24-9-16/h4-9,11,17H,2-3,10H2,1H3,(H2,23,27)(H,25,28)/t11-,17+/m1/s1. The van der Waals surface area contributed by atoms with Gasteiger partial charge in [0.2, 0.25) is 5.91 Å². The van der Waals surface area contributed by atoms with E-state index in [2.05, 4.69) is 10.3 Å². The summed E-state index contributed by atoms with van der Waals surface area (Å²) in [5.41, 5.74) is 6.36. The molecule has 3 N–H and O–H groups in total. The molecule has 0 bridgehead atoms. The molecule has 2 aromatic rings. The highest BCUT2D eigenvalue weighted by Crippen LogP contribution is 2.35. The van der Waals surface area contributed by atoms with Crippen LogP contribution in [0.2, 0.25) is 10.0 Å². The van der Waals surface area contributed by atoms with Gasteiger partial charge in [0, 0.05) is 22.8 Å². The molecule has 0 saturated carbocycles. The van der Waals surface area contributed by atoms with E-state index in [9.17, 15) is 14.4 Å². The highest BCUT2D eigenvalue weighted by molar-refractivity contribution is 6.39. The van der Waals surface area contributed by atoms with Crippen LogP contribution in [-0.4, -0.2) is 34.2 Å². The van der Waals surface area contributed by atoms with Crippen molar-refractivity contribution in [2.75, 3.05) is 11.9 Å². The first-order valence-electron chi connectivity index (χ1n) is 9.07. The second kappa shape index (κ2) is 8.80. The van der Waals surface area contributed by atoms with Gasteiger partial charge in [0.25, 0.3) is 0 Å². The Labute approximate surface area is 178 Å². The maximum absolute atomic E-state index is 13.0. The van der Waals surface area contributed by atoms with E-state index in [1.165, 1.54) is 23.4 Å². The Morgan fingerprint density at radius 2 is 1.79 bits per heavy atom. The van der Waals surface area contributed by atoms with Crippen LogP contribution in [0.25, 0.3) is 0 Å². The predicted octanol–water partition coefficient (Wildman–Crippen LogP) is 3.43. The summed E-state index contributed by atoms with van der Waals surface area (Å²) in [6.45, 7) is 2.46. The van der Waals surface area contributed by atoms with Gasteiger partial charge in [0.15, 0.2) is 0 Å². The summed E-state index contributed by atoms with van der Waals surface area (Å²) in [7, 11) is 0. The molecule has 1 saturated heterocycles. The normalized spacial score (nSPS) is 18.9. The van der Waals surface area contributed by atoms with Gasteiger partial charge in [0.05, 0.1) is 23.5 Å². The number of carbonyl (C=O) groups is 3. The molecule has 29 heavy (non-hydrogen) atoms. The van der Waals surface area contributed by atoms with Gasteiger partial charge in [0.1, 0.15) is 0 Å². The number of nitrogens with two attached hydrogens (primary N) is 1. The smallest absolute Gasteiger partial charge is 0.313 e. The Morgan fingerprint density at radius 1 is 1.10 bits per heavy atom. The average Bonchev–Trinajstić information content (AvgIpc) is 2.66. The number of aromatic nitrogens is 1. The largest absolute Gasteiger partial charge is 0.366 e. The van der Waals surface area contributed by atoms with Crippen LogP contribution < -0.4 is 11.1 Å². The van der Waals surface area contributed by atoms with Crippen molar-refractivity contribution < 1.29 is 14.4 Å². The van der Waals surface area contributed by atoms with E-state index in [4.69, 9.17) is 28.9 Å². The molecule has 0 unspecified atom stereocenters. The maximum Gasteiger partial charge on any atom is 0.313 e. The summed E-state index contributed by atoms with van der Waals surface area (Å²) < 4.78 is 0. The molecule has 1 fully saturated rings. The molecule has 152 valence electrons. The highest BCUT2D eigenvalue weighted by Gasteiger charge is 2.34. The molecule has 7 nitrogen and oxygen atoms in total. The Bertz CT molecular complexity index is 946. The topological polar surface area (TPSA) is 105 Å². The van der Waals surface area contributed by atoms with E-state index < -0.39 is 17.7 Å². The number of amides is 3. The quantitative estimate of drug-likeness (QED) is 0.721. The lowest BCUT2D eigenvalue weighted by Crippen LogP contribution is -2.46. The number of primary amides is 1. The Kier molecular flexibility index (Phi) is 6.39. The zero-order valence-corrected chi connectivity index (χ0v) is 17.2. The summed E-state index contributed by atoms with van der Waals surface area (Å²) in [6, 6.07) is 6.19. The molecule has 0 spiro atoms. The van der Waals surface area contributed by atoms with Gasteiger partial charge in [-0.05, 0) is 48.6 Å².